The van der Waals surface area contributed by atoms with Gasteiger partial charge in [0.25, 0.3) is 0 Å². The highest BCUT2D eigenvalue weighted by atomic mass is 35.5. The van der Waals surface area contributed by atoms with Crippen molar-refractivity contribution in [2.24, 2.45) is 10.1 Å². The molecule has 0 saturated carbocycles. The summed E-state index contributed by atoms with van der Waals surface area (Å²) in [6.45, 7) is 1.30. The number of hydrogen-bond acceptors (Lipinski definition) is 7. The van der Waals surface area contributed by atoms with Crippen LogP contribution in [0.15, 0.2) is 33.9 Å². The average molecular weight is 424 g/mol. The van der Waals surface area contributed by atoms with Crippen molar-refractivity contribution in [3.63, 3.8) is 0 Å². The lowest BCUT2D eigenvalue weighted by molar-refractivity contribution is -0.134. The molecule has 0 bridgehead atoms. The van der Waals surface area contributed by atoms with Gasteiger partial charge in [0.2, 0.25) is 11.8 Å². The van der Waals surface area contributed by atoms with Crippen LogP contribution in [-0.4, -0.2) is 58.9 Å². The molecule has 146 valence electrons. The van der Waals surface area contributed by atoms with Crippen molar-refractivity contribution in [2.75, 3.05) is 13.6 Å². The van der Waals surface area contributed by atoms with Crippen molar-refractivity contribution < 1.29 is 24.2 Å². The fourth-order valence-corrected chi connectivity index (χ4v) is 3.19. The van der Waals surface area contributed by atoms with Crippen molar-refractivity contribution in [2.45, 2.75) is 19.4 Å². The third-order valence-corrected chi connectivity index (χ3v) is 4.66. The summed E-state index contributed by atoms with van der Waals surface area (Å²) in [6.07, 6.45) is 0.0670. The first-order valence-corrected chi connectivity index (χ1v) is 8.96. The molecule has 1 amide bonds. The number of hydrogen-bond donors (Lipinski definition) is 1. The molecular formula is C18H15Cl2N3O5. The molecule has 3 rings (SSSR count). The fourth-order valence-electron chi connectivity index (χ4n) is 2.63. The molecule has 2 heterocycles. The van der Waals surface area contributed by atoms with Gasteiger partial charge in [-0.3, -0.25) is 14.4 Å². The minimum absolute atomic E-state index is 0.0642. The minimum atomic E-state index is -0.968. The van der Waals surface area contributed by atoms with Crippen LogP contribution in [0.5, 0.6) is 5.75 Å². The molecular weight excluding hydrogens is 409 g/mol. The van der Waals surface area contributed by atoms with Gasteiger partial charge in [-0.05, 0) is 19.1 Å². The highest BCUT2D eigenvalue weighted by Gasteiger charge is 2.28. The number of carbonyl (C=O) groups excluding carboxylic acids is 3. The van der Waals surface area contributed by atoms with E-state index in [2.05, 4.69) is 10.1 Å². The summed E-state index contributed by atoms with van der Waals surface area (Å²) in [6, 6.07) is 2.88. The molecule has 0 aromatic heterocycles. The molecule has 10 heteroatoms. The van der Waals surface area contributed by atoms with Crippen molar-refractivity contribution in [1.29, 1.82) is 0 Å². The van der Waals surface area contributed by atoms with Crippen LogP contribution in [-0.2, 0) is 14.4 Å². The van der Waals surface area contributed by atoms with Crippen LogP contribution in [0.3, 0.4) is 0 Å². The number of Topliss-reactive ketones (excluding diaryl/α,β-unsaturated/α-hetero) is 2. The van der Waals surface area contributed by atoms with Gasteiger partial charge < -0.3 is 9.84 Å². The van der Waals surface area contributed by atoms with E-state index in [-0.39, 0.29) is 51.7 Å². The van der Waals surface area contributed by atoms with Crippen LogP contribution in [0.1, 0.15) is 18.9 Å². The molecule has 1 aromatic rings. The Morgan fingerprint density at radius 3 is 2.43 bits per heavy atom. The second kappa shape index (κ2) is 7.83. The van der Waals surface area contributed by atoms with Crippen molar-refractivity contribution in [3.8, 4) is 5.75 Å². The molecule has 1 aromatic carbocycles. The van der Waals surface area contributed by atoms with Gasteiger partial charge in [0, 0.05) is 24.3 Å². The first-order chi connectivity index (χ1) is 13.2. The van der Waals surface area contributed by atoms with E-state index in [0.717, 1.165) is 5.01 Å². The van der Waals surface area contributed by atoms with Crippen LogP contribution >= 0.6 is 23.2 Å². The van der Waals surface area contributed by atoms with Gasteiger partial charge in [-0.1, -0.05) is 23.2 Å². The molecule has 2 aliphatic rings. The van der Waals surface area contributed by atoms with E-state index in [1.165, 1.54) is 32.2 Å². The Bertz CT molecular complexity index is 958. The third kappa shape index (κ3) is 3.99. The lowest BCUT2D eigenvalue weighted by Gasteiger charge is -2.20. The predicted molar refractivity (Wildman–Crippen MR) is 103 cm³/mol. The fraction of sp³-hybridized carbons (Fsp3) is 0.278. The summed E-state index contributed by atoms with van der Waals surface area (Å²) in [5, 5.41) is 14.9. The molecule has 0 spiro atoms. The second-order valence-electron chi connectivity index (χ2n) is 6.19. The molecule has 1 N–H and O–H groups in total. The SMILES string of the molecule is CC(O)C1=CC(Oc2c(Cl)cc(C3=NN(C)C(=O)CC3=O)cc2Cl)=NCC1=O. The standard InChI is InChI=1S/C18H15Cl2N3O5/c1-8(24)10-5-15(21-7-14(10)26)28-18-11(19)3-9(4-12(18)20)17-13(25)6-16(27)23(2)22-17/h3-5,8,24H,6-7H2,1-2H3. The zero-order chi connectivity index (χ0) is 20.6. The topological polar surface area (TPSA) is 109 Å². The maximum Gasteiger partial charge on any atom is 0.250 e. The Labute approximate surface area is 170 Å². The Morgan fingerprint density at radius 2 is 1.82 bits per heavy atom. The van der Waals surface area contributed by atoms with Gasteiger partial charge in [-0.2, -0.15) is 5.10 Å². The predicted octanol–water partition coefficient (Wildman–Crippen LogP) is 1.80. The number of aliphatic hydroxyl groups excluding tert-OH is 1. The van der Waals surface area contributed by atoms with E-state index >= 15 is 0 Å². The number of hydrazone groups is 1. The first kappa shape index (κ1) is 20.2. The zero-order valence-electron chi connectivity index (χ0n) is 14.9. The highest BCUT2D eigenvalue weighted by molar-refractivity contribution is 6.50. The van der Waals surface area contributed by atoms with E-state index in [9.17, 15) is 19.5 Å². The maximum atomic E-state index is 12.1. The lowest BCUT2D eigenvalue weighted by atomic mass is 10.0. The molecule has 0 fully saturated rings. The number of carbonyl (C=O) groups is 3. The number of rotatable bonds is 3. The molecule has 0 saturated heterocycles. The molecule has 28 heavy (non-hydrogen) atoms. The number of amides is 1. The van der Waals surface area contributed by atoms with Gasteiger partial charge >= 0.3 is 0 Å². The second-order valence-corrected chi connectivity index (χ2v) is 7.00. The van der Waals surface area contributed by atoms with Gasteiger partial charge in [0.05, 0.1) is 22.6 Å². The van der Waals surface area contributed by atoms with Crippen LogP contribution in [0.2, 0.25) is 10.0 Å². The number of ether oxygens (including phenoxy) is 1. The van der Waals surface area contributed by atoms with Gasteiger partial charge in [-0.15, -0.1) is 0 Å². The van der Waals surface area contributed by atoms with E-state index in [1.54, 1.807) is 0 Å². The summed E-state index contributed by atoms with van der Waals surface area (Å²) in [5.74, 6) is -0.999. The lowest BCUT2D eigenvalue weighted by Crippen LogP contribution is -2.35. The Balaban J connectivity index is 1.92. The average Bonchev–Trinajstić information content (AvgIpc) is 2.62. The van der Waals surface area contributed by atoms with Gasteiger partial charge in [0.15, 0.2) is 17.3 Å². The number of halogens is 2. The van der Waals surface area contributed by atoms with Crippen LogP contribution in [0.25, 0.3) is 0 Å². The van der Waals surface area contributed by atoms with Crippen LogP contribution in [0.4, 0.5) is 0 Å². The van der Waals surface area contributed by atoms with E-state index in [4.69, 9.17) is 27.9 Å². The number of aliphatic hydroxyl groups is 1. The van der Waals surface area contributed by atoms with E-state index < -0.39 is 17.8 Å². The number of dihydropyridines is 1. The number of ketones is 2. The maximum absolute atomic E-state index is 12.1. The van der Waals surface area contributed by atoms with Gasteiger partial charge in [-0.25, -0.2) is 10.0 Å². The first-order valence-electron chi connectivity index (χ1n) is 8.20. The zero-order valence-corrected chi connectivity index (χ0v) is 16.4. The minimum Gasteiger partial charge on any atom is -0.436 e. The summed E-state index contributed by atoms with van der Waals surface area (Å²) in [7, 11) is 1.45. The smallest absolute Gasteiger partial charge is 0.250 e. The van der Waals surface area contributed by atoms with Crippen LogP contribution in [0, 0.1) is 0 Å². The van der Waals surface area contributed by atoms with E-state index in [1.807, 2.05) is 0 Å². The Morgan fingerprint density at radius 1 is 1.18 bits per heavy atom. The summed E-state index contributed by atoms with van der Waals surface area (Å²) < 4.78 is 5.61. The molecule has 0 radical (unpaired) electrons. The molecule has 2 aliphatic heterocycles. The quantitative estimate of drug-likeness (QED) is 0.745. The highest BCUT2D eigenvalue weighted by Crippen LogP contribution is 2.35. The summed E-state index contributed by atoms with van der Waals surface area (Å²) in [5.41, 5.74) is 0.575. The molecule has 0 aliphatic carbocycles. The van der Waals surface area contributed by atoms with Crippen molar-refractivity contribution in [3.05, 3.63) is 39.4 Å². The largest absolute Gasteiger partial charge is 0.436 e. The number of nitrogens with zero attached hydrogens (tertiary/aromatic N) is 3. The van der Waals surface area contributed by atoms with Crippen molar-refractivity contribution >= 4 is 52.3 Å². The Kier molecular flexibility index (Phi) is 5.64. The monoisotopic (exact) mass is 423 g/mol. The molecule has 1 unspecified atom stereocenters. The third-order valence-electron chi connectivity index (χ3n) is 4.09. The molecule has 1 atom stereocenters. The van der Waals surface area contributed by atoms with Crippen molar-refractivity contribution in [1.82, 2.24) is 5.01 Å². The summed E-state index contributed by atoms with van der Waals surface area (Å²) >= 11 is 12.5. The number of benzene rings is 1. The van der Waals surface area contributed by atoms with Crippen LogP contribution < -0.4 is 4.74 Å². The Hall–Kier alpha value is -2.55. The number of aliphatic imine (C=N–C) groups is 1. The normalized spacial score (nSPS) is 18.5. The summed E-state index contributed by atoms with van der Waals surface area (Å²) in [4.78, 5) is 39.4. The van der Waals surface area contributed by atoms with Gasteiger partial charge in [0.1, 0.15) is 12.3 Å². The van der Waals surface area contributed by atoms with E-state index in [0.29, 0.717) is 5.56 Å². The molecule has 8 nitrogen and oxygen atoms in total.